The van der Waals surface area contributed by atoms with E-state index in [0.717, 1.165) is 6.04 Å². The fourth-order valence-electron chi connectivity index (χ4n) is 2.12. The lowest BCUT2D eigenvalue weighted by molar-refractivity contribution is 0.205. The van der Waals surface area contributed by atoms with Gasteiger partial charge in [-0.15, -0.1) is 0 Å². The van der Waals surface area contributed by atoms with Crippen LogP contribution in [0.15, 0.2) is 0 Å². The second kappa shape index (κ2) is 7.53. The third-order valence-corrected chi connectivity index (χ3v) is 4.06. The van der Waals surface area contributed by atoms with Crippen LogP contribution in [0.3, 0.4) is 0 Å². The molecule has 0 radical (unpaired) electrons. The maximum atomic E-state index is 3.55. The van der Waals surface area contributed by atoms with Crippen LogP contribution in [-0.4, -0.2) is 48.1 Å². The van der Waals surface area contributed by atoms with Gasteiger partial charge in [-0.2, -0.15) is 11.8 Å². The minimum atomic E-state index is 0.661. The van der Waals surface area contributed by atoms with Crippen molar-refractivity contribution in [3.05, 3.63) is 0 Å². The average Bonchev–Trinajstić information content (AvgIpc) is 2.43. The van der Waals surface area contributed by atoms with Crippen molar-refractivity contribution in [3.63, 3.8) is 0 Å². The summed E-state index contributed by atoms with van der Waals surface area (Å²) < 4.78 is 0. The van der Waals surface area contributed by atoms with Crippen LogP contribution in [0.2, 0.25) is 0 Å². The summed E-state index contributed by atoms with van der Waals surface area (Å²) in [7, 11) is 0. The summed E-state index contributed by atoms with van der Waals surface area (Å²) in [5.74, 6) is 2.57. The molecule has 1 aliphatic heterocycles. The first-order valence-electron chi connectivity index (χ1n) is 6.29. The summed E-state index contributed by atoms with van der Waals surface area (Å²) in [5.41, 5.74) is 0. The zero-order chi connectivity index (χ0) is 11.1. The van der Waals surface area contributed by atoms with Crippen LogP contribution in [0.25, 0.3) is 0 Å². The summed E-state index contributed by atoms with van der Waals surface area (Å²) in [5, 5.41) is 3.55. The number of hydrogen-bond donors (Lipinski definition) is 1. The van der Waals surface area contributed by atoms with Gasteiger partial charge >= 0.3 is 0 Å². The van der Waals surface area contributed by atoms with Crippen molar-refractivity contribution in [1.29, 1.82) is 0 Å². The van der Waals surface area contributed by atoms with Crippen LogP contribution in [0.5, 0.6) is 0 Å². The van der Waals surface area contributed by atoms with Gasteiger partial charge in [0.05, 0.1) is 0 Å². The zero-order valence-corrected chi connectivity index (χ0v) is 11.3. The Labute approximate surface area is 99.2 Å². The SMILES string of the molecule is CCSCCC(C)N1CCCNC(C)C1. The molecule has 90 valence electrons. The Balaban J connectivity index is 2.26. The third-order valence-electron chi connectivity index (χ3n) is 3.13. The zero-order valence-electron chi connectivity index (χ0n) is 10.5. The van der Waals surface area contributed by atoms with Crippen LogP contribution in [0, 0.1) is 0 Å². The lowest BCUT2D eigenvalue weighted by Gasteiger charge is -2.29. The van der Waals surface area contributed by atoms with Gasteiger partial charge in [-0.05, 0) is 51.3 Å². The van der Waals surface area contributed by atoms with Crippen molar-refractivity contribution in [2.24, 2.45) is 0 Å². The molecule has 3 heteroatoms. The number of nitrogens with one attached hydrogen (secondary N) is 1. The lowest BCUT2D eigenvalue weighted by Crippen LogP contribution is -2.40. The van der Waals surface area contributed by atoms with Gasteiger partial charge in [0.2, 0.25) is 0 Å². The first kappa shape index (κ1) is 13.3. The smallest absolute Gasteiger partial charge is 0.0166 e. The maximum Gasteiger partial charge on any atom is 0.0166 e. The molecule has 2 unspecified atom stereocenters. The molecule has 0 saturated carbocycles. The Hall–Kier alpha value is 0.270. The largest absolute Gasteiger partial charge is 0.313 e. The Kier molecular flexibility index (Phi) is 6.69. The molecular weight excluding hydrogens is 204 g/mol. The van der Waals surface area contributed by atoms with E-state index < -0.39 is 0 Å². The van der Waals surface area contributed by atoms with Crippen LogP contribution in [0.4, 0.5) is 0 Å². The van der Waals surface area contributed by atoms with Crippen molar-refractivity contribution in [2.45, 2.75) is 45.7 Å². The number of nitrogens with zero attached hydrogens (tertiary/aromatic N) is 1. The number of hydrogen-bond acceptors (Lipinski definition) is 3. The molecule has 1 rings (SSSR count). The maximum absolute atomic E-state index is 3.55. The predicted octanol–water partition coefficient (Wildman–Crippen LogP) is 2.20. The van der Waals surface area contributed by atoms with E-state index in [4.69, 9.17) is 0 Å². The highest BCUT2D eigenvalue weighted by Gasteiger charge is 2.18. The average molecular weight is 230 g/mol. The van der Waals surface area contributed by atoms with Gasteiger partial charge in [0.25, 0.3) is 0 Å². The van der Waals surface area contributed by atoms with E-state index in [-0.39, 0.29) is 0 Å². The summed E-state index contributed by atoms with van der Waals surface area (Å²) in [6.45, 7) is 10.6. The predicted molar refractivity (Wildman–Crippen MR) is 70.7 cm³/mol. The van der Waals surface area contributed by atoms with E-state index in [1.54, 1.807) is 0 Å². The molecule has 0 spiro atoms. The minimum absolute atomic E-state index is 0.661. The Morgan fingerprint density at radius 1 is 1.53 bits per heavy atom. The fourth-order valence-corrected chi connectivity index (χ4v) is 2.92. The first-order chi connectivity index (χ1) is 7.24. The topological polar surface area (TPSA) is 15.3 Å². The molecule has 1 fully saturated rings. The highest BCUT2D eigenvalue weighted by molar-refractivity contribution is 7.99. The molecule has 0 amide bonds. The van der Waals surface area contributed by atoms with Crippen molar-refractivity contribution >= 4 is 11.8 Å². The van der Waals surface area contributed by atoms with Crippen LogP contribution in [0.1, 0.15) is 33.6 Å². The van der Waals surface area contributed by atoms with Gasteiger partial charge in [-0.3, -0.25) is 4.90 Å². The van der Waals surface area contributed by atoms with Crippen molar-refractivity contribution in [1.82, 2.24) is 10.2 Å². The summed E-state index contributed by atoms with van der Waals surface area (Å²) in [4.78, 5) is 2.65. The van der Waals surface area contributed by atoms with E-state index in [2.05, 4.69) is 42.7 Å². The molecular formula is C12H26N2S. The minimum Gasteiger partial charge on any atom is -0.313 e. The number of thioether (sulfide) groups is 1. The Morgan fingerprint density at radius 3 is 3.07 bits per heavy atom. The van der Waals surface area contributed by atoms with E-state index in [0.29, 0.717) is 6.04 Å². The fraction of sp³-hybridized carbons (Fsp3) is 1.00. The lowest BCUT2D eigenvalue weighted by atomic mass is 10.2. The standard InChI is InChI=1S/C12H26N2S/c1-4-15-9-6-12(3)14-8-5-7-13-11(2)10-14/h11-13H,4-10H2,1-3H3. The van der Waals surface area contributed by atoms with E-state index in [1.807, 2.05) is 0 Å². The van der Waals surface area contributed by atoms with Crippen molar-refractivity contribution in [2.75, 3.05) is 31.1 Å². The number of rotatable bonds is 5. The molecule has 1 N–H and O–H groups in total. The molecule has 1 aliphatic rings. The summed E-state index contributed by atoms with van der Waals surface area (Å²) >= 11 is 2.06. The van der Waals surface area contributed by atoms with Crippen LogP contribution in [-0.2, 0) is 0 Å². The van der Waals surface area contributed by atoms with Crippen molar-refractivity contribution < 1.29 is 0 Å². The Bertz CT molecular complexity index is 164. The van der Waals surface area contributed by atoms with Gasteiger partial charge in [0, 0.05) is 18.6 Å². The summed E-state index contributed by atoms with van der Waals surface area (Å²) in [6, 6.07) is 1.42. The first-order valence-corrected chi connectivity index (χ1v) is 7.44. The Morgan fingerprint density at radius 2 is 2.33 bits per heavy atom. The molecule has 0 aliphatic carbocycles. The van der Waals surface area contributed by atoms with Crippen LogP contribution >= 0.6 is 11.8 Å². The highest BCUT2D eigenvalue weighted by atomic mass is 32.2. The van der Waals surface area contributed by atoms with Crippen molar-refractivity contribution in [3.8, 4) is 0 Å². The van der Waals surface area contributed by atoms with E-state index >= 15 is 0 Å². The molecule has 0 aromatic rings. The second-order valence-corrected chi connectivity index (χ2v) is 5.93. The molecule has 2 nitrogen and oxygen atoms in total. The molecule has 0 aromatic carbocycles. The van der Waals surface area contributed by atoms with Crippen LogP contribution < -0.4 is 5.32 Å². The van der Waals surface area contributed by atoms with Gasteiger partial charge in [0.15, 0.2) is 0 Å². The van der Waals surface area contributed by atoms with E-state index in [9.17, 15) is 0 Å². The monoisotopic (exact) mass is 230 g/mol. The van der Waals surface area contributed by atoms with Gasteiger partial charge in [-0.1, -0.05) is 6.92 Å². The normalized spacial score (nSPS) is 26.2. The molecule has 2 atom stereocenters. The van der Waals surface area contributed by atoms with Gasteiger partial charge in [0.1, 0.15) is 0 Å². The molecule has 1 saturated heterocycles. The van der Waals surface area contributed by atoms with E-state index in [1.165, 1.54) is 44.0 Å². The van der Waals surface area contributed by atoms with Gasteiger partial charge in [-0.25, -0.2) is 0 Å². The van der Waals surface area contributed by atoms with Gasteiger partial charge < -0.3 is 5.32 Å². The second-order valence-electron chi connectivity index (χ2n) is 4.54. The third kappa shape index (κ3) is 5.23. The molecule has 1 heterocycles. The molecule has 0 bridgehead atoms. The molecule has 15 heavy (non-hydrogen) atoms. The molecule has 0 aromatic heterocycles. The quantitative estimate of drug-likeness (QED) is 0.729. The highest BCUT2D eigenvalue weighted by Crippen LogP contribution is 2.12. The summed E-state index contributed by atoms with van der Waals surface area (Å²) in [6.07, 6.45) is 2.64.